The minimum absolute atomic E-state index is 0.0288. The highest BCUT2D eigenvalue weighted by Crippen LogP contribution is 2.23. The molecule has 1 aromatic carbocycles. The normalized spacial score (nSPS) is 18.2. The molecular formula is C23H32FN3O4S. The molecule has 0 unspecified atom stereocenters. The summed E-state index contributed by atoms with van der Waals surface area (Å²) in [5.41, 5.74) is 0.396. The first-order chi connectivity index (χ1) is 15.4. The summed E-state index contributed by atoms with van der Waals surface area (Å²) in [5, 5.41) is 5.57. The van der Waals surface area contributed by atoms with Gasteiger partial charge in [-0.15, -0.1) is 0 Å². The van der Waals surface area contributed by atoms with Gasteiger partial charge in [-0.2, -0.15) is 0 Å². The Balaban J connectivity index is 1.54. The van der Waals surface area contributed by atoms with Gasteiger partial charge in [-0.05, 0) is 49.9 Å². The molecule has 176 valence electrons. The third-order valence-corrected chi connectivity index (χ3v) is 7.23. The maximum atomic E-state index is 13.0. The van der Waals surface area contributed by atoms with E-state index in [2.05, 4.69) is 10.6 Å². The first-order valence-corrected chi connectivity index (χ1v) is 12.9. The van der Waals surface area contributed by atoms with E-state index in [4.69, 9.17) is 0 Å². The van der Waals surface area contributed by atoms with Gasteiger partial charge in [0.1, 0.15) is 17.3 Å². The van der Waals surface area contributed by atoms with Gasteiger partial charge in [-0.25, -0.2) is 4.39 Å². The van der Waals surface area contributed by atoms with E-state index < -0.39 is 22.5 Å². The molecule has 2 aliphatic rings. The first-order valence-electron chi connectivity index (χ1n) is 11.4. The number of rotatable bonds is 9. The predicted octanol–water partition coefficient (Wildman–Crippen LogP) is 2.73. The molecule has 0 aliphatic heterocycles. The minimum atomic E-state index is -1.71. The van der Waals surface area contributed by atoms with Crippen LogP contribution in [0, 0.1) is 5.82 Å². The SMILES string of the molecule is O=C(C[S@@](=O)CC(=O)N(CC(=O)NC1CCCC1)C1CCCCC1)Nc1ccc(F)cc1. The summed E-state index contributed by atoms with van der Waals surface area (Å²) in [4.78, 5) is 39.3. The van der Waals surface area contributed by atoms with Gasteiger partial charge >= 0.3 is 0 Å². The van der Waals surface area contributed by atoms with Crippen LogP contribution in [0.5, 0.6) is 0 Å². The second kappa shape index (κ2) is 12.1. The van der Waals surface area contributed by atoms with Crippen LogP contribution in [0.2, 0.25) is 0 Å². The summed E-state index contributed by atoms with van der Waals surface area (Å²) in [6.45, 7) is -0.0288. The third-order valence-electron chi connectivity index (χ3n) is 6.07. The molecule has 2 saturated carbocycles. The van der Waals surface area contributed by atoms with Crippen molar-refractivity contribution < 1.29 is 23.0 Å². The van der Waals surface area contributed by atoms with Gasteiger partial charge in [0.25, 0.3) is 0 Å². The lowest BCUT2D eigenvalue weighted by Gasteiger charge is -2.34. The lowest BCUT2D eigenvalue weighted by Crippen LogP contribution is -2.50. The first kappa shape index (κ1) is 24.4. The molecular weight excluding hydrogens is 433 g/mol. The second-order valence-electron chi connectivity index (χ2n) is 8.65. The standard InChI is InChI=1S/C23H32FN3O4S/c24-17-10-12-19(13-11-17)26-22(29)15-32(31)16-23(30)27(20-8-2-1-3-9-20)14-21(28)25-18-6-4-5-7-18/h10-13,18,20H,1-9,14-16H2,(H,25,28)(H,26,29)/t32-/m1/s1. The Morgan fingerprint density at radius 3 is 2.19 bits per heavy atom. The Morgan fingerprint density at radius 1 is 0.906 bits per heavy atom. The maximum Gasteiger partial charge on any atom is 0.239 e. The van der Waals surface area contributed by atoms with Crippen molar-refractivity contribution in [3.05, 3.63) is 30.1 Å². The fraction of sp³-hybridized carbons (Fsp3) is 0.609. The van der Waals surface area contributed by atoms with Crippen LogP contribution in [0.15, 0.2) is 24.3 Å². The fourth-order valence-corrected chi connectivity index (χ4v) is 5.37. The maximum absolute atomic E-state index is 13.0. The predicted molar refractivity (Wildman–Crippen MR) is 122 cm³/mol. The Labute approximate surface area is 191 Å². The number of hydrogen-bond donors (Lipinski definition) is 2. The summed E-state index contributed by atoms with van der Waals surface area (Å²) >= 11 is 0. The fourth-order valence-electron chi connectivity index (χ4n) is 4.46. The molecule has 2 fully saturated rings. The summed E-state index contributed by atoms with van der Waals surface area (Å²) in [7, 11) is -1.71. The lowest BCUT2D eigenvalue weighted by atomic mass is 9.94. The van der Waals surface area contributed by atoms with Crippen molar-refractivity contribution in [3.63, 3.8) is 0 Å². The smallest absolute Gasteiger partial charge is 0.239 e. The van der Waals surface area contributed by atoms with E-state index in [-0.39, 0.29) is 41.9 Å². The van der Waals surface area contributed by atoms with Crippen LogP contribution in [0.1, 0.15) is 57.8 Å². The van der Waals surface area contributed by atoms with Gasteiger partial charge in [-0.1, -0.05) is 32.1 Å². The average molecular weight is 466 g/mol. The zero-order valence-electron chi connectivity index (χ0n) is 18.3. The van der Waals surface area contributed by atoms with Crippen LogP contribution in [0.4, 0.5) is 10.1 Å². The summed E-state index contributed by atoms with van der Waals surface area (Å²) in [5.74, 6) is -2.09. The van der Waals surface area contributed by atoms with E-state index in [9.17, 15) is 23.0 Å². The molecule has 3 amide bonds. The molecule has 0 spiro atoms. The van der Waals surface area contributed by atoms with E-state index in [0.29, 0.717) is 5.69 Å². The van der Waals surface area contributed by atoms with Crippen LogP contribution in [0.3, 0.4) is 0 Å². The van der Waals surface area contributed by atoms with E-state index in [1.165, 1.54) is 24.3 Å². The molecule has 0 saturated heterocycles. The molecule has 7 nitrogen and oxygen atoms in total. The molecule has 0 aromatic heterocycles. The van der Waals surface area contributed by atoms with Crippen LogP contribution >= 0.6 is 0 Å². The Morgan fingerprint density at radius 2 is 1.53 bits per heavy atom. The molecule has 1 aromatic rings. The highest BCUT2D eigenvalue weighted by molar-refractivity contribution is 7.86. The van der Waals surface area contributed by atoms with Crippen molar-refractivity contribution in [1.82, 2.24) is 10.2 Å². The van der Waals surface area contributed by atoms with Gasteiger partial charge in [-0.3, -0.25) is 18.6 Å². The van der Waals surface area contributed by atoms with Crippen molar-refractivity contribution >= 4 is 34.2 Å². The van der Waals surface area contributed by atoms with Gasteiger partial charge in [0.15, 0.2) is 0 Å². The van der Waals surface area contributed by atoms with E-state index in [1.54, 1.807) is 4.90 Å². The molecule has 2 N–H and O–H groups in total. The summed E-state index contributed by atoms with van der Waals surface area (Å²) in [6.07, 6.45) is 8.93. The van der Waals surface area contributed by atoms with Crippen LogP contribution in [-0.2, 0) is 25.2 Å². The number of halogens is 1. The minimum Gasteiger partial charge on any atom is -0.352 e. The monoisotopic (exact) mass is 465 g/mol. The van der Waals surface area contributed by atoms with Crippen LogP contribution < -0.4 is 10.6 Å². The van der Waals surface area contributed by atoms with E-state index in [0.717, 1.165) is 57.8 Å². The average Bonchev–Trinajstić information content (AvgIpc) is 3.27. The molecule has 0 heterocycles. The highest BCUT2D eigenvalue weighted by atomic mass is 32.2. The zero-order valence-corrected chi connectivity index (χ0v) is 19.1. The summed E-state index contributed by atoms with van der Waals surface area (Å²) < 4.78 is 25.5. The Kier molecular flexibility index (Phi) is 9.20. The molecule has 1 atom stereocenters. The number of nitrogens with zero attached hydrogens (tertiary/aromatic N) is 1. The van der Waals surface area contributed by atoms with Crippen molar-refractivity contribution in [2.24, 2.45) is 0 Å². The van der Waals surface area contributed by atoms with Crippen molar-refractivity contribution in [2.75, 3.05) is 23.4 Å². The Hall–Kier alpha value is -2.29. The van der Waals surface area contributed by atoms with E-state index in [1.807, 2.05) is 0 Å². The quantitative estimate of drug-likeness (QED) is 0.586. The lowest BCUT2D eigenvalue weighted by molar-refractivity contribution is -0.137. The highest BCUT2D eigenvalue weighted by Gasteiger charge is 2.29. The molecule has 32 heavy (non-hydrogen) atoms. The zero-order chi connectivity index (χ0) is 22.9. The number of nitrogens with one attached hydrogen (secondary N) is 2. The van der Waals surface area contributed by atoms with E-state index >= 15 is 0 Å². The molecule has 0 radical (unpaired) electrons. The number of benzene rings is 1. The number of carbonyl (C=O) groups excluding carboxylic acids is 3. The Bertz CT molecular complexity index is 821. The second-order valence-corrected chi connectivity index (χ2v) is 10.1. The number of anilines is 1. The van der Waals surface area contributed by atoms with Crippen molar-refractivity contribution in [1.29, 1.82) is 0 Å². The number of carbonyl (C=O) groups is 3. The largest absolute Gasteiger partial charge is 0.352 e. The van der Waals surface area contributed by atoms with Gasteiger partial charge in [0.2, 0.25) is 17.7 Å². The van der Waals surface area contributed by atoms with Gasteiger partial charge in [0.05, 0.1) is 6.54 Å². The van der Waals surface area contributed by atoms with Gasteiger partial charge < -0.3 is 15.5 Å². The number of amides is 3. The number of hydrogen-bond acceptors (Lipinski definition) is 4. The molecule has 3 rings (SSSR count). The van der Waals surface area contributed by atoms with Crippen LogP contribution in [0.25, 0.3) is 0 Å². The molecule has 0 bridgehead atoms. The van der Waals surface area contributed by atoms with Gasteiger partial charge in [0, 0.05) is 28.6 Å². The topological polar surface area (TPSA) is 95.6 Å². The van der Waals surface area contributed by atoms with Crippen LogP contribution in [-0.4, -0.2) is 57.0 Å². The third kappa shape index (κ3) is 7.69. The van der Waals surface area contributed by atoms with Crippen molar-refractivity contribution in [2.45, 2.75) is 69.9 Å². The van der Waals surface area contributed by atoms with Crippen molar-refractivity contribution in [3.8, 4) is 0 Å². The summed E-state index contributed by atoms with van der Waals surface area (Å²) in [6, 6.07) is 5.40. The molecule has 2 aliphatic carbocycles. The molecule has 9 heteroatoms.